The van der Waals surface area contributed by atoms with E-state index >= 15 is 0 Å². The lowest BCUT2D eigenvalue weighted by molar-refractivity contribution is 0.0890. The number of nitrogens with zero attached hydrogens (tertiary/aromatic N) is 1. The molecule has 0 unspecified atom stereocenters. The average Bonchev–Trinajstić information content (AvgIpc) is 2.94. The number of ether oxygens (including phenoxy) is 1. The number of hydrogen-bond acceptors (Lipinski definition) is 4. The number of Topliss-reactive ketones (excluding diaryl/α,β-unsaturated/α-hetero) is 1. The summed E-state index contributed by atoms with van der Waals surface area (Å²) in [6.45, 7) is 1.80. The van der Waals surface area contributed by atoms with Crippen LogP contribution in [0.15, 0.2) is 65.2 Å². The Balaban J connectivity index is 1.70. The Labute approximate surface area is 134 Å². The van der Waals surface area contributed by atoms with Crippen LogP contribution in [0.25, 0.3) is 0 Å². The molecule has 3 aromatic rings. The minimum Gasteiger partial charge on any atom is -0.455 e. The second-order valence-electron chi connectivity index (χ2n) is 5.27. The first-order valence-corrected chi connectivity index (χ1v) is 7.44. The fourth-order valence-electron chi connectivity index (χ4n) is 2.32. The van der Waals surface area contributed by atoms with Gasteiger partial charge in [0.15, 0.2) is 12.4 Å². The van der Waals surface area contributed by atoms with Crippen LogP contribution in [0.4, 0.5) is 0 Å². The molecule has 0 fully saturated rings. The van der Waals surface area contributed by atoms with Gasteiger partial charge in [0.1, 0.15) is 0 Å². The predicted octanol–water partition coefficient (Wildman–Crippen LogP) is 3.84. The summed E-state index contributed by atoms with van der Waals surface area (Å²) in [6.07, 6.45) is 0.658. The van der Waals surface area contributed by atoms with E-state index in [-0.39, 0.29) is 12.4 Å². The van der Waals surface area contributed by atoms with Gasteiger partial charge in [-0.3, -0.25) is 4.79 Å². The van der Waals surface area contributed by atoms with Crippen molar-refractivity contribution in [1.82, 2.24) is 5.16 Å². The van der Waals surface area contributed by atoms with Crippen molar-refractivity contribution < 1.29 is 14.1 Å². The molecular weight excluding hydrogens is 290 g/mol. The predicted molar refractivity (Wildman–Crippen MR) is 86.8 cm³/mol. The molecule has 0 saturated carbocycles. The third-order valence-electron chi connectivity index (χ3n) is 3.60. The number of carbonyl (C=O) groups is 1. The van der Waals surface area contributed by atoms with Crippen molar-refractivity contribution in [3.05, 3.63) is 83.0 Å². The van der Waals surface area contributed by atoms with Crippen LogP contribution in [0.3, 0.4) is 0 Å². The van der Waals surface area contributed by atoms with Crippen molar-refractivity contribution >= 4 is 5.78 Å². The van der Waals surface area contributed by atoms with Crippen LogP contribution in [-0.4, -0.2) is 17.5 Å². The molecule has 0 aliphatic rings. The number of ketones is 1. The van der Waals surface area contributed by atoms with Crippen LogP contribution < -0.4 is 4.74 Å². The number of aromatic nitrogens is 1. The average molecular weight is 307 g/mol. The molecule has 0 aliphatic heterocycles. The van der Waals surface area contributed by atoms with Gasteiger partial charge in [0.25, 0.3) is 0 Å². The summed E-state index contributed by atoms with van der Waals surface area (Å²) in [6, 6.07) is 19.1. The molecule has 0 bridgehead atoms. The fraction of sp³-hybridized carbons (Fsp3) is 0.158. The largest absolute Gasteiger partial charge is 0.455 e. The molecule has 0 spiro atoms. The van der Waals surface area contributed by atoms with E-state index in [1.807, 2.05) is 55.5 Å². The Hall–Kier alpha value is -2.88. The Morgan fingerprint density at radius 1 is 1.04 bits per heavy atom. The van der Waals surface area contributed by atoms with Crippen LogP contribution in [0.2, 0.25) is 0 Å². The second-order valence-corrected chi connectivity index (χ2v) is 5.27. The van der Waals surface area contributed by atoms with E-state index in [2.05, 4.69) is 5.16 Å². The molecule has 23 heavy (non-hydrogen) atoms. The SMILES string of the molecule is Cc1noc(OCC(=O)c2ccccc2)c1Cc1ccccc1. The normalized spacial score (nSPS) is 10.5. The van der Waals surface area contributed by atoms with Crippen LogP contribution in [0.5, 0.6) is 5.95 Å². The smallest absolute Gasteiger partial charge is 0.315 e. The van der Waals surface area contributed by atoms with Gasteiger partial charge in [0.2, 0.25) is 0 Å². The van der Waals surface area contributed by atoms with Gasteiger partial charge in [-0.25, -0.2) is 0 Å². The summed E-state index contributed by atoms with van der Waals surface area (Å²) >= 11 is 0. The first kappa shape index (κ1) is 15.0. The lowest BCUT2D eigenvalue weighted by Crippen LogP contribution is -2.12. The zero-order valence-corrected chi connectivity index (χ0v) is 12.9. The highest BCUT2D eigenvalue weighted by atomic mass is 16.6. The molecule has 4 nitrogen and oxygen atoms in total. The van der Waals surface area contributed by atoms with E-state index in [4.69, 9.17) is 9.26 Å². The highest BCUT2D eigenvalue weighted by Crippen LogP contribution is 2.25. The van der Waals surface area contributed by atoms with Crippen molar-refractivity contribution in [2.45, 2.75) is 13.3 Å². The Kier molecular flexibility index (Phi) is 4.52. The fourth-order valence-corrected chi connectivity index (χ4v) is 2.32. The third kappa shape index (κ3) is 3.66. The Morgan fingerprint density at radius 3 is 2.39 bits per heavy atom. The van der Waals surface area contributed by atoms with E-state index in [0.29, 0.717) is 17.9 Å². The van der Waals surface area contributed by atoms with E-state index in [9.17, 15) is 4.79 Å². The summed E-state index contributed by atoms with van der Waals surface area (Å²) < 4.78 is 10.8. The molecule has 3 rings (SSSR count). The van der Waals surface area contributed by atoms with Gasteiger partial charge in [-0.15, -0.1) is 0 Å². The minimum atomic E-state index is -0.0923. The van der Waals surface area contributed by atoms with E-state index < -0.39 is 0 Å². The second kappa shape index (κ2) is 6.92. The summed E-state index contributed by atoms with van der Waals surface area (Å²) in [4.78, 5) is 12.1. The Morgan fingerprint density at radius 2 is 1.70 bits per heavy atom. The lowest BCUT2D eigenvalue weighted by Gasteiger charge is -2.05. The number of benzene rings is 2. The first-order valence-electron chi connectivity index (χ1n) is 7.44. The van der Waals surface area contributed by atoms with Crippen LogP contribution in [-0.2, 0) is 6.42 Å². The van der Waals surface area contributed by atoms with E-state index in [1.165, 1.54) is 0 Å². The minimum absolute atomic E-state index is 0.0690. The number of hydrogen-bond donors (Lipinski definition) is 0. The summed E-state index contributed by atoms with van der Waals surface area (Å²) in [7, 11) is 0. The Bertz CT molecular complexity index is 779. The zero-order valence-electron chi connectivity index (χ0n) is 12.9. The summed E-state index contributed by atoms with van der Waals surface area (Å²) in [5.41, 5.74) is 3.40. The van der Waals surface area contributed by atoms with E-state index in [0.717, 1.165) is 16.8 Å². The maximum absolute atomic E-state index is 12.1. The van der Waals surface area contributed by atoms with Gasteiger partial charge >= 0.3 is 5.95 Å². The molecule has 0 N–H and O–H groups in total. The third-order valence-corrected chi connectivity index (χ3v) is 3.60. The first-order chi connectivity index (χ1) is 11.2. The molecule has 0 saturated heterocycles. The quantitative estimate of drug-likeness (QED) is 0.649. The van der Waals surface area contributed by atoms with Crippen molar-refractivity contribution in [3.63, 3.8) is 0 Å². The highest BCUT2D eigenvalue weighted by molar-refractivity contribution is 5.97. The molecular formula is C19H17NO3. The standard InChI is InChI=1S/C19H17NO3/c1-14-17(12-15-8-4-2-5-9-15)19(23-20-14)22-13-18(21)16-10-6-3-7-11-16/h2-11H,12-13H2,1H3. The molecule has 4 heteroatoms. The maximum atomic E-state index is 12.1. The molecule has 0 atom stereocenters. The van der Waals surface area contributed by atoms with Gasteiger partial charge in [-0.2, -0.15) is 0 Å². The van der Waals surface area contributed by atoms with Crippen LogP contribution >= 0.6 is 0 Å². The van der Waals surface area contributed by atoms with Gasteiger partial charge < -0.3 is 9.26 Å². The van der Waals surface area contributed by atoms with Crippen molar-refractivity contribution in [2.75, 3.05) is 6.61 Å². The number of rotatable bonds is 6. The highest BCUT2D eigenvalue weighted by Gasteiger charge is 2.16. The monoisotopic (exact) mass is 307 g/mol. The topological polar surface area (TPSA) is 52.3 Å². The molecule has 0 aliphatic carbocycles. The van der Waals surface area contributed by atoms with Crippen molar-refractivity contribution in [2.24, 2.45) is 0 Å². The maximum Gasteiger partial charge on any atom is 0.315 e. The van der Waals surface area contributed by atoms with Gasteiger partial charge in [-0.1, -0.05) is 65.8 Å². The molecule has 1 aromatic heterocycles. The van der Waals surface area contributed by atoms with Crippen LogP contribution in [0.1, 0.15) is 27.2 Å². The summed E-state index contributed by atoms with van der Waals surface area (Å²) in [5, 5.41) is 3.95. The lowest BCUT2D eigenvalue weighted by atomic mass is 10.1. The van der Waals surface area contributed by atoms with Crippen molar-refractivity contribution in [1.29, 1.82) is 0 Å². The van der Waals surface area contributed by atoms with Gasteiger partial charge in [-0.05, 0) is 12.5 Å². The number of aryl methyl sites for hydroxylation is 1. The van der Waals surface area contributed by atoms with E-state index in [1.54, 1.807) is 12.1 Å². The molecule has 0 amide bonds. The summed E-state index contributed by atoms with van der Waals surface area (Å²) in [5.74, 6) is 0.223. The van der Waals surface area contributed by atoms with Gasteiger partial charge in [0.05, 0.1) is 11.3 Å². The number of carbonyl (C=O) groups excluding carboxylic acids is 1. The molecule has 0 radical (unpaired) electrons. The van der Waals surface area contributed by atoms with Crippen LogP contribution in [0, 0.1) is 6.92 Å². The van der Waals surface area contributed by atoms with Crippen molar-refractivity contribution in [3.8, 4) is 5.95 Å². The molecule has 116 valence electrons. The zero-order chi connectivity index (χ0) is 16.1. The van der Waals surface area contributed by atoms with Gasteiger partial charge in [0, 0.05) is 12.0 Å². The molecule has 1 heterocycles. The molecule has 2 aromatic carbocycles.